The van der Waals surface area contributed by atoms with E-state index in [0.29, 0.717) is 47.4 Å². The van der Waals surface area contributed by atoms with Crippen LogP contribution in [0.5, 0.6) is 0 Å². The fourth-order valence-corrected chi connectivity index (χ4v) is 5.45. The van der Waals surface area contributed by atoms with E-state index < -0.39 is 17.2 Å². The SMILES string of the molecule is CC(=O)c1ccc(-c2ccc(-c3cc(N(CC4CCC(C(=O)O)CC4)C(=O)O)sc3F)cc2)cc1. The molecule has 0 bridgehead atoms. The molecule has 182 valence electrons. The van der Waals surface area contributed by atoms with Crippen LogP contribution in [-0.2, 0) is 4.79 Å². The van der Waals surface area contributed by atoms with Crippen molar-refractivity contribution in [2.75, 3.05) is 11.4 Å². The lowest BCUT2D eigenvalue weighted by atomic mass is 9.82. The number of benzene rings is 2. The van der Waals surface area contributed by atoms with Crippen LogP contribution in [0.1, 0.15) is 43.0 Å². The number of amides is 1. The Labute approximate surface area is 206 Å². The van der Waals surface area contributed by atoms with Gasteiger partial charge in [0.05, 0.1) is 5.92 Å². The Balaban J connectivity index is 1.50. The molecule has 1 amide bonds. The van der Waals surface area contributed by atoms with Crippen molar-refractivity contribution in [2.45, 2.75) is 32.6 Å². The Kier molecular flexibility index (Phi) is 7.31. The Hall–Kier alpha value is -3.52. The fourth-order valence-electron chi connectivity index (χ4n) is 4.54. The first-order valence-electron chi connectivity index (χ1n) is 11.5. The number of Topliss-reactive ketones (excluding diaryl/α,β-unsaturated/α-hetero) is 1. The fraction of sp³-hybridized carbons (Fsp3) is 0.296. The van der Waals surface area contributed by atoms with Crippen LogP contribution in [-0.4, -0.2) is 34.6 Å². The maximum absolute atomic E-state index is 14.9. The zero-order chi connectivity index (χ0) is 25.1. The van der Waals surface area contributed by atoms with Crippen LogP contribution >= 0.6 is 11.3 Å². The molecule has 0 spiro atoms. The number of anilines is 1. The predicted octanol–water partition coefficient (Wildman–Crippen LogP) is 6.80. The number of carboxylic acid groups (broad SMARTS) is 2. The summed E-state index contributed by atoms with van der Waals surface area (Å²) in [5.74, 6) is -1.13. The standard InChI is InChI=1S/C27H26FNO5S/c1-16(30)18-6-8-19(9-7-18)20-10-12-21(13-11-20)23-14-24(35-25(23)28)29(27(33)34)15-17-2-4-22(5-3-17)26(31)32/h6-14,17,22H,2-5,15H2,1H3,(H,31,32)(H,33,34). The van der Waals surface area contributed by atoms with Gasteiger partial charge in [-0.25, -0.2) is 4.79 Å². The highest BCUT2D eigenvalue weighted by Crippen LogP contribution is 2.38. The van der Waals surface area contributed by atoms with E-state index in [1.807, 2.05) is 24.3 Å². The van der Waals surface area contributed by atoms with Gasteiger partial charge in [0.2, 0.25) is 0 Å². The number of thiophene rings is 1. The first-order valence-corrected chi connectivity index (χ1v) is 12.3. The largest absolute Gasteiger partial charge is 0.481 e. The van der Waals surface area contributed by atoms with Crippen LogP contribution in [0.4, 0.5) is 14.2 Å². The Morgan fingerprint density at radius 2 is 1.46 bits per heavy atom. The molecule has 1 aromatic heterocycles. The molecule has 1 fully saturated rings. The molecule has 0 unspecified atom stereocenters. The van der Waals surface area contributed by atoms with Gasteiger partial charge in [0.25, 0.3) is 0 Å². The smallest absolute Gasteiger partial charge is 0.412 e. The molecular formula is C27H26FNO5S. The lowest BCUT2D eigenvalue weighted by Crippen LogP contribution is -2.35. The number of carboxylic acids is 1. The van der Waals surface area contributed by atoms with Crippen molar-refractivity contribution in [3.05, 3.63) is 65.3 Å². The minimum Gasteiger partial charge on any atom is -0.481 e. The maximum Gasteiger partial charge on any atom is 0.412 e. The number of carbonyl (C=O) groups is 3. The molecule has 35 heavy (non-hydrogen) atoms. The summed E-state index contributed by atoms with van der Waals surface area (Å²) in [7, 11) is 0. The Bertz CT molecular complexity index is 1230. The number of nitrogens with zero attached hydrogens (tertiary/aromatic N) is 1. The molecule has 3 aromatic rings. The van der Waals surface area contributed by atoms with Crippen LogP contribution in [0.15, 0.2) is 54.6 Å². The highest BCUT2D eigenvalue weighted by atomic mass is 32.1. The predicted molar refractivity (Wildman–Crippen MR) is 134 cm³/mol. The molecule has 0 atom stereocenters. The zero-order valence-electron chi connectivity index (χ0n) is 19.2. The van der Waals surface area contributed by atoms with E-state index in [4.69, 9.17) is 0 Å². The number of hydrogen-bond acceptors (Lipinski definition) is 4. The van der Waals surface area contributed by atoms with Gasteiger partial charge in [-0.15, -0.1) is 0 Å². The van der Waals surface area contributed by atoms with E-state index in [1.54, 1.807) is 30.3 Å². The molecular weight excluding hydrogens is 469 g/mol. The summed E-state index contributed by atoms with van der Waals surface area (Å²) in [6, 6.07) is 16.1. The summed E-state index contributed by atoms with van der Waals surface area (Å²) in [6.07, 6.45) is 1.18. The molecule has 1 saturated carbocycles. The van der Waals surface area contributed by atoms with Crippen molar-refractivity contribution in [3.8, 4) is 22.3 Å². The van der Waals surface area contributed by atoms with E-state index >= 15 is 0 Å². The van der Waals surface area contributed by atoms with Gasteiger partial charge in [-0.1, -0.05) is 59.9 Å². The number of ketones is 1. The molecule has 2 N–H and O–H groups in total. The van der Waals surface area contributed by atoms with Gasteiger partial charge in [0.1, 0.15) is 5.00 Å². The zero-order valence-corrected chi connectivity index (χ0v) is 20.1. The third-order valence-electron chi connectivity index (χ3n) is 6.63. The van der Waals surface area contributed by atoms with Crippen LogP contribution < -0.4 is 4.90 Å². The summed E-state index contributed by atoms with van der Waals surface area (Å²) in [5, 5.41) is 18.8. The number of hydrogen-bond donors (Lipinski definition) is 2. The normalized spacial score (nSPS) is 17.7. The van der Waals surface area contributed by atoms with Crippen molar-refractivity contribution < 1.29 is 29.0 Å². The molecule has 1 aliphatic rings. The van der Waals surface area contributed by atoms with Gasteiger partial charge in [0.15, 0.2) is 10.9 Å². The van der Waals surface area contributed by atoms with Crippen molar-refractivity contribution in [1.29, 1.82) is 0 Å². The van der Waals surface area contributed by atoms with Gasteiger partial charge < -0.3 is 10.2 Å². The average molecular weight is 496 g/mol. The number of halogens is 1. The lowest BCUT2D eigenvalue weighted by molar-refractivity contribution is -0.143. The van der Waals surface area contributed by atoms with Crippen LogP contribution in [0, 0.1) is 17.0 Å². The summed E-state index contributed by atoms with van der Waals surface area (Å²) in [4.78, 5) is 35.8. The Morgan fingerprint density at radius 3 is 1.97 bits per heavy atom. The van der Waals surface area contributed by atoms with E-state index in [9.17, 15) is 29.0 Å². The molecule has 4 rings (SSSR count). The van der Waals surface area contributed by atoms with Crippen LogP contribution in [0.25, 0.3) is 22.3 Å². The topological polar surface area (TPSA) is 94.9 Å². The van der Waals surface area contributed by atoms with Gasteiger partial charge in [-0.2, -0.15) is 4.39 Å². The molecule has 0 aliphatic heterocycles. The van der Waals surface area contributed by atoms with E-state index in [2.05, 4.69) is 0 Å². The molecule has 8 heteroatoms. The molecule has 2 aromatic carbocycles. The van der Waals surface area contributed by atoms with E-state index in [1.165, 1.54) is 11.8 Å². The van der Waals surface area contributed by atoms with Crippen molar-refractivity contribution in [3.63, 3.8) is 0 Å². The molecule has 6 nitrogen and oxygen atoms in total. The Morgan fingerprint density at radius 1 is 0.914 bits per heavy atom. The second-order valence-corrected chi connectivity index (χ2v) is 9.91. The van der Waals surface area contributed by atoms with Crippen LogP contribution in [0.2, 0.25) is 0 Å². The summed E-state index contributed by atoms with van der Waals surface area (Å²) >= 11 is 0.797. The first kappa shape index (κ1) is 24.6. The minimum absolute atomic E-state index is 0.000942. The number of carbonyl (C=O) groups excluding carboxylic acids is 1. The number of aliphatic carboxylic acids is 1. The third-order valence-corrected chi connectivity index (χ3v) is 7.57. The second-order valence-electron chi connectivity index (χ2n) is 8.93. The minimum atomic E-state index is -1.15. The van der Waals surface area contributed by atoms with Crippen molar-refractivity contribution in [2.24, 2.45) is 11.8 Å². The third kappa shape index (κ3) is 5.59. The molecule has 0 radical (unpaired) electrons. The first-order chi connectivity index (χ1) is 16.7. The van der Waals surface area contributed by atoms with Gasteiger partial charge in [-0.3, -0.25) is 14.5 Å². The van der Waals surface area contributed by atoms with E-state index in [-0.39, 0.29) is 24.2 Å². The number of rotatable bonds is 7. The quantitative estimate of drug-likeness (QED) is 0.352. The maximum atomic E-state index is 14.9. The van der Waals surface area contributed by atoms with Gasteiger partial charge >= 0.3 is 12.1 Å². The monoisotopic (exact) mass is 495 g/mol. The summed E-state index contributed by atoms with van der Waals surface area (Å²) in [6.45, 7) is 1.74. The molecule has 0 saturated heterocycles. The summed E-state index contributed by atoms with van der Waals surface area (Å²) in [5.41, 5.74) is 3.47. The highest BCUT2D eigenvalue weighted by molar-refractivity contribution is 7.15. The van der Waals surface area contributed by atoms with Crippen molar-refractivity contribution >= 4 is 34.2 Å². The molecule has 1 heterocycles. The average Bonchev–Trinajstić information content (AvgIpc) is 3.23. The highest BCUT2D eigenvalue weighted by Gasteiger charge is 2.29. The van der Waals surface area contributed by atoms with Crippen LogP contribution in [0.3, 0.4) is 0 Å². The van der Waals surface area contributed by atoms with Crippen molar-refractivity contribution in [1.82, 2.24) is 0 Å². The van der Waals surface area contributed by atoms with Gasteiger partial charge in [-0.05, 0) is 61.3 Å². The summed E-state index contributed by atoms with van der Waals surface area (Å²) < 4.78 is 14.9. The molecule has 1 aliphatic carbocycles. The second kappa shape index (κ2) is 10.4. The van der Waals surface area contributed by atoms with Gasteiger partial charge in [0, 0.05) is 17.7 Å². The van der Waals surface area contributed by atoms with E-state index in [0.717, 1.165) is 22.5 Å². The lowest BCUT2D eigenvalue weighted by Gasteiger charge is -2.29.